The normalized spacial score (nSPS) is 18.9. The van der Waals surface area contributed by atoms with Crippen LogP contribution in [0.1, 0.15) is 39.0 Å². The Bertz CT molecular complexity index is 349. The minimum atomic E-state index is -1.41. The summed E-state index contributed by atoms with van der Waals surface area (Å²) in [6, 6.07) is -2.04. The van der Waals surface area contributed by atoms with Crippen LogP contribution >= 0.6 is 0 Å². The summed E-state index contributed by atoms with van der Waals surface area (Å²) < 4.78 is 0. The van der Waals surface area contributed by atoms with Crippen molar-refractivity contribution in [2.45, 2.75) is 50.6 Å². The molecule has 0 spiro atoms. The van der Waals surface area contributed by atoms with Gasteiger partial charge < -0.3 is 20.8 Å². The van der Waals surface area contributed by atoms with E-state index in [1.54, 1.807) is 0 Å². The molecule has 7 nitrogen and oxygen atoms in total. The third-order valence-corrected chi connectivity index (χ3v) is 3.10. The Balaban J connectivity index is 2.50. The Morgan fingerprint density at radius 1 is 1.22 bits per heavy atom. The van der Waals surface area contributed by atoms with Crippen LogP contribution in [-0.4, -0.2) is 39.8 Å². The maximum atomic E-state index is 11.6. The van der Waals surface area contributed by atoms with Crippen LogP contribution in [0.15, 0.2) is 0 Å². The van der Waals surface area contributed by atoms with Crippen molar-refractivity contribution >= 4 is 18.0 Å². The molecular formula is C11H18N2O5. The van der Waals surface area contributed by atoms with E-state index in [2.05, 4.69) is 10.6 Å². The van der Waals surface area contributed by atoms with Crippen molar-refractivity contribution in [3.8, 4) is 0 Å². The number of carbonyl (C=O) groups excluding carboxylic acids is 1. The summed E-state index contributed by atoms with van der Waals surface area (Å²) in [5.41, 5.74) is -0.323. The van der Waals surface area contributed by atoms with Crippen molar-refractivity contribution in [2.75, 3.05) is 0 Å². The van der Waals surface area contributed by atoms with Crippen LogP contribution < -0.4 is 10.6 Å². The van der Waals surface area contributed by atoms with Crippen LogP contribution in [-0.2, 0) is 9.59 Å². The van der Waals surface area contributed by atoms with Crippen molar-refractivity contribution < 1.29 is 24.6 Å². The highest BCUT2D eigenvalue weighted by molar-refractivity contribution is 5.86. The molecule has 0 radical (unpaired) electrons. The number of hydrogen-bond acceptors (Lipinski definition) is 3. The molecular weight excluding hydrogens is 240 g/mol. The van der Waals surface area contributed by atoms with Crippen LogP contribution in [0, 0.1) is 0 Å². The summed E-state index contributed by atoms with van der Waals surface area (Å²) in [6.07, 6.45) is 3.09. The van der Waals surface area contributed by atoms with E-state index in [9.17, 15) is 14.4 Å². The molecule has 0 heterocycles. The Morgan fingerprint density at radius 3 is 2.22 bits per heavy atom. The highest BCUT2D eigenvalue weighted by atomic mass is 16.4. The smallest absolute Gasteiger partial charge is 0.326 e. The molecule has 1 aliphatic rings. The quantitative estimate of drug-likeness (QED) is 0.574. The van der Waals surface area contributed by atoms with E-state index < -0.39 is 30.4 Å². The number of nitrogens with one attached hydrogen (secondary N) is 2. The van der Waals surface area contributed by atoms with Gasteiger partial charge in [0, 0.05) is 5.54 Å². The third kappa shape index (κ3) is 4.23. The van der Waals surface area contributed by atoms with Gasteiger partial charge in [-0.25, -0.2) is 9.59 Å². The standard InChI is InChI=1S/C11H18N2O5/c1-11(4-2-3-5-11)13-10(18)12-7(9(16)17)6-8(14)15/h7H,2-6H2,1H3,(H,14,15)(H,16,17)(H2,12,13,18)/t7-/m0/s1. The predicted octanol–water partition coefficient (Wildman–Crippen LogP) is 0.546. The van der Waals surface area contributed by atoms with Crippen molar-refractivity contribution in [1.29, 1.82) is 0 Å². The van der Waals surface area contributed by atoms with Gasteiger partial charge in [0.15, 0.2) is 0 Å². The molecule has 1 fully saturated rings. The number of carboxylic acid groups (broad SMARTS) is 2. The zero-order valence-electron chi connectivity index (χ0n) is 10.2. The first-order valence-electron chi connectivity index (χ1n) is 5.86. The highest BCUT2D eigenvalue weighted by Crippen LogP contribution is 2.28. The molecule has 0 aromatic heterocycles. The number of carbonyl (C=O) groups is 3. The molecule has 1 rings (SSSR count). The van der Waals surface area contributed by atoms with Crippen LogP contribution in [0.2, 0.25) is 0 Å². The van der Waals surface area contributed by atoms with Gasteiger partial charge in [-0.15, -0.1) is 0 Å². The molecule has 0 bridgehead atoms. The zero-order valence-corrected chi connectivity index (χ0v) is 10.2. The highest BCUT2D eigenvalue weighted by Gasteiger charge is 2.31. The van der Waals surface area contributed by atoms with Crippen molar-refractivity contribution in [3.05, 3.63) is 0 Å². The zero-order chi connectivity index (χ0) is 13.8. The average Bonchev–Trinajstić information content (AvgIpc) is 2.62. The van der Waals surface area contributed by atoms with Crippen molar-refractivity contribution in [1.82, 2.24) is 10.6 Å². The van der Waals surface area contributed by atoms with Gasteiger partial charge in [0.1, 0.15) is 6.04 Å². The monoisotopic (exact) mass is 258 g/mol. The minimum Gasteiger partial charge on any atom is -0.481 e. The van der Waals surface area contributed by atoms with E-state index in [4.69, 9.17) is 10.2 Å². The van der Waals surface area contributed by atoms with Gasteiger partial charge in [0.2, 0.25) is 0 Å². The number of rotatable bonds is 5. The fourth-order valence-corrected chi connectivity index (χ4v) is 2.12. The topological polar surface area (TPSA) is 116 Å². The van der Waals surface area contributed by atoms with E-state index in [1.807, 2.05) is 6.92 Å². The first-order valence-corrected chi connectivity index (χ1v) is 5.86. The molecule has 18 heavy (non-hydrogen) atoms. The lowest BCUT2D eigenvalue weighted by Crippen LogP contribution is -2.53. The Hall–Kier alpha value is -1.79. The molecule has 0 aromatic rings. The fourth-order valence-electron chi connectivity index (χ4n) is 2.12. The Kier molecular flexibility index (Phi) is 4.52. The molecule has 7 heteroatoms. The van der Waals surface area contributed by atoms with E-state index in [1.165, 1.54) is 0 Å². The Labute approximate surface area is 105 Å². The van der Waals surface area contributed by atoms with Crippen LogP contribution in [0.3, 0.4) is 0 Å². The molecule has 0 unspecified atom stereocenters. The van der Waals surface area contributed by atoms with E-state index in [0.29, 0.717) is 0 Å². The van der Waals surface area contributed by atoms with Crippen LogP contribution in [0.4, 0.5) is 4.79 Å². The van der Waals surface area contributed by atoms with Gasteiger partial charge in [-0.05, 0) is 19.8 Å². The average molecular weight is 258 g/mol. The van der Waals surface area contributed by atoms with Gasteiger partial charge >= 0.3 is 18.0 Å². The molecule has 102 valence electrons. The second-order valence-electron chi connectivity index (χ2n) is 4.85. The minimum absolute atomic E-state index is 0.323. The number of carboxylic acids is 2. The lowest BCUT2D eigenvalue weighted by atomic mass is 10.0. The molecule has 1 aliphatic carbocycles. The van der Waals surface area contributed by atoms with Crippen LogP contribution in [0.25, 0.3) is 0 Å². The van der Waals surface area contributed by atoms with Gasteiger partial charge in [-0.3, -0.25) is 4.79 Å². The van der Waals surface area contributed by atoms with Crippen LogP contribution in [0.5, 0.6) is 0 Å². The maximum absolute atomic E-state index is 11.6. The first kappa shape index (κ1) is 14.3. The second-order valence-corrected chi connectivity index (χ2v) is 4.85. The number of amides is 2. The van der Waals surface area contributed by atoms with E-state index in [-0.39, 0.29) is 5.54 Å². The summed E-state index contributed by atoms with van der Waals surface area (Å²) >= 11 is 0. The molecule has 1 atom stereocenters. The molecule has 0 saturated heterocycles. The number of hydrogen-bond donors (Lipinski definition) is 4. The first-order chi connectivity index (χ1) is 8.32. The third-order valence-electron chi connectivity index (χ3n) is 3.10. The largest absolute Gasteiger partial charge is 0.481 e. The molecule has 1 saturated carbocycles. The van der Waals surface area contributed by atoms with Crippen molar-refractivity contribution in [2.24, 2.45) is 0 Å². The van der Waals surface area contributed by atoms with Gasteiger partial charge in [0.05, 0.1) is 6.42 Å². The molecule has 0 aliphatic heterocycles. The van der Waals surface area contributed by atoms with Gasteiger partial charge in [-0.2, -0.15) is 0 Å². The Morgan fingerprint density at radius 2 is 1.78 bits per heavy atom. The van der Waals surface area contributed by atoms with Crippen molar-refractivity contribution in [3.63, 3.8) is 0 Å². The maximum Gasteiger partial charge on any atom is 0.326 e. The lowest BCUT2D eigenvalue weighted by Gasteiger charge is -2.26. The second kappa shape index (κ2) is 5.70. The summed E-state index contributed by atoms with van der Waals surface area (Å²) in [5.74, 6) is -2.63. The fraction of sp³-hybridized carbons (Fsp3) is 0.727. The van der Waals surface area contributed by atoms with E-state index >= 15 is 0 Å². The predicted molar refractivity (Wildman–Crippen MR) is 62.2 cm³/mol. The SMILES string of the molecule is CC1(NC(=O)N[C@@H](CC(=O)O)C(=O)O)CCCC1. The summed E-state index contributed by atoms with van der Waals surface area (Å²) in [6.45, 7) is 1.90. The lowest BCUT2D eigenvalue weighted by molar-refractivity contribution is -0.145. The van der Waals surface area contributed by atoms with Gasteiger partial charge in [0.25, 0.3) is 0 Å². The molecule has 4 N–H and O–H groups in total. The summed E-state index contributed by atoms with van der Waals surface area (Å²) in [5, 5.41) is 22.2. The van der Waals surface area contributed by atoms with E-state index in [0.717, 1.165) is 25.7 Å². The van der Waals surface area contributed by atoms with Gasteiger partial charge in [-0.1, -0.05) is 12.8 Å². The number of urea groups is 1. The number of aliphatic carboxylic acids is 2. The summed E-state index contributed by atoms with van der Waals surface area (Å²) in [7, 11) is 0. The molecule has 2 amide bonds. The molecule has 0 aromatic carbocycles. The summed E-state index contributed by atoms with van der Waals surface area (Å²) in [4.78, 5) is 32.9.